The summed E-state index contributed by atoms with van der Waals surface area (Å²) in [4.78, 5) is 15.8. The molecule has 1 aromatic heterocycles. The summed E-state index contributed by atoms with van der Waals surface area (Å²) in [5.74, 6) is 0.0589. The van der Waals surface area contributed by atoms with Crippen LogP contribution in [0, 0.1) is 0 Å². The number of ether oxygens (including phenoxy) is 1. The largest absolute Gasteiger partial charge is 0.468 e. The molecule has 1 amide bonds. The second-order valence-electron chi connectivity index (χ2n) is 4.03. The molecular formula is C14H12Cl2N2O2. The van der Waals surface area contributed by atoms with Crippen LogP contribution >= 0.6 is 23.2 Å². The maximum atomic E-state index is 11.9. The van der Waals surface area contributed by atoms with E-state index in [-0.39, 0.29) is 5.91 Å². The first-order valence-corrected chi connectivity index (χ1v) is 6.65. The summed E-state index contributed by atoms with van der Waals surface area (Å²) < 4.78 is 5.55. The number of carbonyl (C=O) groups is 1. The summed E-state index contributed by atoms with van der Waals surface area (Å²) in [6.45, 7) is 1.69. The van der Waals surface area contributed by atoms with E-state index in [9.17, 15) is 4.79 Å². The zero-order valence-electron chi connectivity index (χ0n) is 10.6. The second kappa shape index (κ2) is 6.59. The van der Waals surface area contributed by atoms with E-state index in [1.807, 2.05) is 0 Å². The number of hydrogen-bond donors (Lipinski definition) is 1. The first-order chi connectivity index (χ1) is 9.58. The molecule has 1 atom stereocenters. The van der Waals surface area contributed by atoms with Crippen LogP contribution in [0.25, 0.3) is 0 Å². The van der Waals surface area contributed by atoms with Crippen LogP contribution in [0.4, 0.5) is 0 Å². The number of nitrogens with zero attached hydrogens (tertiary/aromatic N) is 1. The molecule has 2 rings (SSSR count). The predicted molar refractivity (Wildman–Crippen MR) is 78.3 cm³/mol. The van der Waals surface area contributed by atoms with Crippen LogP contribution in [0.1, 0.15) is 17.3 Å². The van der Waals surface area contributed by atoms with Crippen molar-refractivity contribution in [1.82, 2.24) is 10.3 Å². The normalized spacial score (nSPS) is 11.8. The highest BCUT2D eigenvalue weighted by Gasteiger charge is 2.14. The summed E-state index contributed by atoms with van der Waals surface area (Å²) in [6.07, 6.45) is 2.49. The molecule has 0 aliphatic rings. The Kier molecular flexibility index (Phi) is 4.82. The Morgan fingerprint density at radius 1 is 1.25 bits per heavy atom. The number of hydrogen-bond acceptors (Lipinski definition) is 3. The Morgan fingerprint density at radius 3 is 2.55 bits per heavy atom. The molecule has 0 bridgehead atoms. The van der Waals surface area contributed by atoms with Gasteiger partial charge in [-0.05, 0) is 31.2 Å². The van der Waals surface area contributed by atoms with Gasteiger partial charge in [-0.1, -0.05) is 29.3 Å². The highest BCUT2D eigenvalue weighted by Crippen LogP contribution is 2.32. The van der Waals surface area contributed by atoms with Crippen molar-refractivity contribution >= 4 is 29.1 Å². The molecule has 104 valence electrons. The number of halogens is 2. The predicted octanol–water partition coefficient (Wildman–Crippen LogP) is 3.54. The summed E-state index contributed by atoms with van der Waals surface area (Å²) in [5.41, 5.74) is 0.452. The molecule has 0 aliphatic heterocycles. The molecule has 20 heavy (non-hydrogen) atoms. The van der Waals surface area contributed by atoms with Crippen LogP contribution in [0.15, 0.2) is 42.7 Å². The van der Waals surface area contributed by atoms with E-state index in [1.165, 1.54) is 6.20 Å². The zero-order valence-corrected chi connectivity index (χ0v) is 12.2. The third-order valence-corrected chi connectivity index (χ3v) is 3.07. The van der Waals surface area contributed by atoms with E-state index in [2.05, 4.69) is 10.3 Å². The molecule has 2 aromatic rings. The van der Waals surface area contributed by atoms with E-state index < -0.39 is 6.23 Å². The number of rotatable bonds is 4. The summed E-state index contributed by atoms with van der Waals surface area (Å²) in [5, 5.41) is 3.46. The molecule has 0 saturated heterocycles. The van der Waals surface area contributed by atoms with Gasteiger partial charge in [0.05, 0.1) is 15.6 Å². The average molecular weight is 311 g/mol. The van der Waals surface area contributed by atoms with Crippen LogP contribution in [0.3, 0.4) is 0 Å². The molecule has 1 heterocycles. The monoisotopic (exact) mass is 310 g/mol. The Labute approximate surface area is 126 Å². The minimum Gasteiger partial charge on any atom is -0.468 e. The highest BCUT2D eigenvalue weighted by molar-refractivity contribution is 6.37. The number of carbonyl (C=O) groups excluding carboxylic acids is 1. The van der Waals surface area contributed by atoms with Gasteiger partial charge in [-0.2, -0.15) is 0 Å². The van der Waals surface area contributed by atoms with Gasteiger partial charge in [0.25, 0.3) is 5.91 Å². The lowest BCUT2D eigenvalue weighted by Crippen LogP contribution is -2.36. The van der Waals surface area contributed by atoms with Gasteiger partial charge in [-0.3, -0.25) is 9.78 Å². The molecule has 0 spiro atoms. The molecule has 0 radical (unpaired) electrons. The number of amides is 1. The minimum atomic E-state index is -0.583. The molecule has 0 fully saturated rings. The van der Waals surface area contributed by atoms with E-state index >= 15 is 0 Å². The fourth-order valence-corrected chi connectivity index (χ4v) is 2.05. The first kappa shape index (κ1) is 14.6. The van der Waals surface area contributed by atoms with Gasteiger partial charge in [0.1, 0.15) is 0 Å². The summed E-state index contributed by atoms with van der Waals surface area (Å²) in [6, 6.07) is 8.40. The van der Waals surface area contributed by atoms with Crippen LogP contribution in [0.5, 0.6) is 5.75 Å². The lowest BCUT2D eigenvalue weighted by atomic mass is 10.3. The molecule has 1 unspecified atom stereocenters. The molecular weight excluding hydrogens is 299 g/mol. The van der Waals surface area contributed by atoms with Crippen molar-refractivity contribution in [2.75, 3.05) is 0 Å². The van der Waals surface area contributed by atoms with Crippen LogP contribution in [-0.4, -0.2) is 17.1 Å². The molecule has 1 aromatic carbocycles. The molecule has 1 N–H and O–H groups in total. The quantitative estimate of drug-likeness (QED) is 0.879. The highest BCUT2D eigenvalue weighted by atomic mass is 35.5. The van der Waals surface area contributed by atoms with Crippen molar-refractivity contribution < 1.29 is 9.53 Å². The minimum absolute atomic E-state index is 0.284. The van der Waals surface area contributed by atoms with Gasteiger partial charge >= 0.3 is 0 Å². The zero-order chi connectivity index (χ0) is 14.5. The van der Waals surface area contributed by atoms with E-state index in [0.717, 1.165) is 0 Å². The maximum absolute atomic E-state index is 11.9. The van der Waals surface area contributed by atoms with Crippen LogP contribution in [-0.2, 0) is 0 Å². The van der Waals surface area contributed by atoms with E-state index in [4.69, 9.17) is 27.9 Å². The van der Waals surface area contributed by atoms with Crippen molar-refractivity contribution in [2.45, 2.75) is 13.2 Å². The van der Waals surface area contributed by atoms with Gasteiger partial charge in [-0.15, -0.1) is 0 Å². The third kappa shape index (κ3) is 3.62. The smallest absolute Gasteiger partial charge is 0.255 e. The Bertz CT molecular complexity index is 585. The van der Waals surface area contributed by atoms with Gasteiger partial charge in [-0.25, -0.2) is 0 Å². The fourth-order valence-electron chi connectivity index (χ4n) is 1.57. The molecule has 4 nitrogen and oxygen atoms in total. The Hall–Kier alpha value is -1.78. The molecule has 6 heteroatoms. The SMILES string of the molecule is CC(NC(=O)c1cccnc1)Oc1c(Cl)cccc1Cl. The van der Waals surface area contributed by atoms with Gasteiger partial charge in [0.15, 0.2) is 12.0 Å². The lowest BCUT2D eigenvalue weighted by Gasteiger charge is -2.17. The Morgan fingerprint density at radius 2 is 1.95 bits per heavy atom. The van der Waals surface area contributed by atoms with Gasteiger partial charge in [0.2, 0.25) is 0 Å². The average Bonchev–Trinajstić information content (AvgIpc) is 2.44. The molecule has 0 aliphatic carbocycles. The lowest BCUT2D eigenvalue weighted by molar-refractivity contribution is 0.0851. The van der Waals surface area contributed by atoms with E-state index in [0.29, 0.717) is 21.4 Å². The van der Waals surface area contributed by atoms with Crippen LogP contribution in [0.2, 0.25) is 10.0 Å². The fraction of sp³-hybridized carbons (Fsp3) is 0.143. The van der Waals surface area contributed by atoms with Gasteiger partial charge < -0.3 is 10.1 Å². The first-order valence-electron chi connectivity index (χ1n) is 5.89. The molecule has 0 saturated carbocycles. The van der Waals surface area contributed by atoms with Crippen LogP contribution < -0.4 is 10.1 Å². The number of para-hydroxylation sites is 1. The number of aromatic nitrogens is 1. The maximum Gasteiger partial charge on any atom is 0.255 e. The van der Waals surface area contributed by atoms with Gasteiger partial charge in [0, 0.05) is 12.4 Å². The number of pyridine rings is 1. The van der Waals surface area contributed by atoms with Crippen molar-refractivity contribution in [3.63, 3.8) is 0 Å². The number of nitrogens with one attached hydrogen (secondary N) is 1. The van der Waals surface area contributed by atoms with E-state index in [1.54, 1.807) is 43.5 Å². The van der Waals surface area contributed by atoms with Crippen molar-refractivity contribution in [3.8, 4) is 5.75 Å². The summed E-state index contributed by atoms with van der Waals surface area (Å²) in [7, 11) is 0. The topological polar surface area (TPSA) is 51.2 Å². The van der Waals surface area contributed by atoms with Crippen molar-refractivity contribution in [3.05, 3.63) is 58.3 Å². The standard InChI is InChI=1S/C14H12Cl2N2O2/c1-9(18-14(19)10-4-3-7-17-8-10)20-13-11(15)5-2-6-12(13)16/h2-9H,1H3,(H,18,19). The second-order valence-corrected chi connectivity index (χ2v) is 4.84. The number of benzene rings is 1. The van der Waals surface area contributed by atoms with Crippen molar-refractivity contribution in [1.29, 1.82) is 0 Å². The Balaban J connectivity index is 2.03. The summed E-state index contributed by atoms with van der Waals surface area (Å²) >= 11 is 12.0. The third-order valence-electron chi connectivity index (χ3n) is 2.47. The van der Waals surface area contributed by atoms with Crippen molar-refractivity contribution in [2.24, 2.45) is 0 Å².